The van der Waals surface area contributed by atoms with Crippen molar-refractivity contribution in [1.29, 1.82) is 0 Å². The van der Waals surface area contributed by atoms with Crippen molar-refractivity contribution in [2.75, 3.05) is 13.2 Å². The van der Waals surface area contributed by atoms with Crippen LogP contribution < -0.4 is 0 Å². The standard InChI is InChI=1S/C18H34O6.C18H34O4/c1-5-9-11-15(7-3)13-21-17(19)23-24-18(20)22-14-16(8-4)12-10-6-2;1-15(2)11-7-5-9-13-17(19)21-22-18(20)14-10-6-8-12-16(3)4/h15-16H,5-14H2,1-4H3;15-16H,5-14H2,1-4H3. The Labute approximate surface area is 280 Å². The first kappa shape index (κ1) is 45.6. The first-order chi connectivity index (χ1) is 22.0. The van der Waals surface area contributed by atoms with Gasteiger partial charge in [0.25, 0.3) is 0 Å². The van der Waals surface area contributed by atoms with Gasteiger partial charge in [-0.25, -0.2) is 19.4 Å². The zero-order chi connectivity index (χ0) is 35.0. The number of hydrogen-bond acceptors (Lipinski definition) is 10. The summed E-state index contributed by atoms with van der Waals surface area (Å²) in [6, 6.07) is 0. The quantitative estimate of drug-likeness (QED) is 0.0427. The minimum absolute atomic E-state index is 0.267. The van der Waals surface area contributed by atoms with Crippen molar-refractivity contribution in [2.24, 2.45) is 23.7 Å². The van der Waals surface area contributed by atoms with Crippen LogP contribution in [0.3, 0.4) is 0 Å². The third kappa shape index (κ3) is 32.9. The third-order valence-electron chi connectivity index (χ3n) is 7.69. The minimum atomic E-state index is -1.01. The molecule has 0 aromatic heterocycles. The number of rotatable bonds is 24. The first-order valence-corrected chi connectivity index (χ1v) is 18.1. The fourth-order valence-electron chi connectivity index (χ4n) is 4.46. The summed E-state index contributed by atoms with van der Waals surface area (Å²) in [5.74, 6) is 1.11. The van der Waals surface area contributed by atoms with Crippen molar-refractivity contribution in [2.45, 2.75) is 171 Å². The fraction of sp³-hybridized carbons (Fsp3) is 0.889. The predicted octanol–water partition coefficient (Wildman–Crippen LogP) is 10.8. The van der Waals surface area contributed by atoms with Gasteiger partial charge < -0.3 is 9.47 Å². The van der Waals surface area contributed by atoms with Gasteiger partial charge >= 0.3 is 24.2 Å². The van der Waals surface area contributed by atoms with Gasteiger partial charge in [0.2, 0.25) is 0 Å². The molecule has 2 unspecified atom stereocenters. The van der Waals surface area contributed by atoms with E-state index in [4.69, 9.17) is 9.47 Å². The van der Waals surface area contributed by atoms with Crippen molar-refractivity contribution in [3.63, 3.8) is 0 Å². The van der Waals surface area contributed by atoms with Crippen LogP contribution in [0.4, 0.5) is 9.59 Å². The van der Waals surface area contributed by atoms with Crippen LogP contribution in [-0.4, -0.2) is 37.5 Å². The predicted molar refractivity (Wildman–Crippen MR) is 180 cm³/mol. The average Bonchev–Trinajstić information content (AvgIpc) is 3.02. The smallest absolute Gasteiger partial charge is 0.431 e. The van der Waals surface area contributed by atoms with Crippen molar-refractivity contribution in [3.8, 4) is 0 Å². The molecule has 0 aliphatic heterocycles. The Kier molecular flexibility index (Phi) is 32.1. The van der Waals surface area contributed by atoms with Crippen LogP contribution >= 0.6 is 0 Å². The van der Waals surface area contributed by atoms with Crippen molar-refractivity contribution in [1.82, 2.24) is 0 Å². The van der Waals surface area contributed by atoms with Gasteiger partial charge in [-0.2, -0.15) is 19.4 Å². The highest BCUT2D eigenvalue weighted by atomic mass is 17.3. The van der Waals surface area contributed by atoms with Crippen LogP contribution in [0.5, 0.6) is 0 Å². The number of carbonyl (C=O) groups excluding carboxylic acids is 4. The molecule has 0 aliphatic rings. The Morgan fingerprint density at radius 3 is 1.13 bits per heavy atom. The normalized spacial score (nSPS) is 12.0. The van der Waals surface area contributed by atoms with Crippen LogP contribution in [0.1, 0.15) is 171 Å². The topological polar surface area (TPSA) is 124 Å². The zero-order valence-corrected chi connectivity index (χ0v) is 30.5. The summed E-state index contributed by atoms with van der Waals surface area (Å²) >= 11 is 0. The summed E-state index contributed by atoms with van der Waals surface area (Å²) in [4.78, 5) is 63.3. The van der Waals surface area contributed by atoms with E-state index in [0.717, 1.165) is 89.9 Å². The molecule has 0 saturated heterocycles. The second-order valence-electron chi connectivity index (χ2n) is 13.0. The number of ether oxygens (including phenoxy) is 2. The number of hydrogen-bond donors (Lipinski definition) is 0. The largest absolute Gasteiger partial charge is 0.550 e. The summed E-state index contributed by atoms with van der Waals surface area (Å²) in [7, 11) is 0. The van der Waals surface area contributed by atoms with Crippen molar-refractivity contribution >= 4 is 24.2 Å². The van der Waals surface area contributed by atoms with Gasteiger partial charge in [-0.1, -0.05) is 132 Å². The number of carbonyl (C=O) groups is 4. The number of unbranched alkanes of at least 4 members (excludes halogenated alkanes) is 6. The zero-order valence-electron chi connectivity index (χ0n) is 30.5. The highest BCUT2D eigenvalue weighted by Crippen LogP contribution is 2.15. The Bertz CT molecular complexity index is 691. The summed E-state index contributed by atoms with van der Waals surface area (Å²) in [5.41, 5.74) is 0. The van der Waals surface area contributed by atoms with E-state index >= 15 is 0 Å². The fourth-order valence-corrected chi connectivity index (χ4v) is 4.46. The monoisotopic (exact) mass is 660 g/mol. The lowest BCUT2D eigenvalue weighted by atomic mass is 10.0. The van der Waals surface area contributed by atoms with E-state index in [0.29, 0.717) is 36.5 Å². The van der Waals surface area contributed by atoms with Crippen LogP contribution in [0, 0.1) is 23.7 Å². The molecule has 0 spiro atoms. The van der Waals surface area contributed by atoms with E-state index in [-0.39, 0.29) is 13.2 Å². The molecule has 46 heavy (non-hydrogen) atoms. The van der Waals surface area contributed by atoms with Gasteiger partial charge in [-0.3, -0.25) is 0 Å². The van der Waals surface area contributed by atoms with Crippen LogP contribution in [0.2, 0.25) is 0 Å². The summed E-state index contributed by atoms with van der Waals surface area (Å²) in [5, 5.41) is 0. The van der Waals surface area contributed by atoms with Crippen LogP contribution in [0.25, 0.3) is 0 Å². The van der Waals surface area contributed by atoms with Gasteiger partial charge in [0, 0.05) is 0 Å². The second kappa shape index (κ2) is 32.4. The van der Waals surface area contributed by atoms with Gasteiger partial charge in [0.15, 0.2) is 0 Å². The molecular formula is C36H68O10. The van der Waals surface area contributed by atoms with Crippen LogP contribution in [-0.2, 0) is 38.6 Å². The minimum Gasteiger partial charge on any atom is -0.431 e. The maximum atomic E-state index is 11.4. The van der Waals surface area contributed by atoms with E-state index in [1.807, 2.05) is 13.8 Å². The van der Waals surface area contributed by atoms with E-state index in [1.54, 1.807) is 0 Å². The Hall–Kier alpha value is -2.52. The molecule has 0 rings (SSSR count). The SMILES string of the molecule is CC(C)CCCCCC(=O)OOC(=O)CCCCCC(C)C.CCCCC(CC)COC(=O)OOC(=O)OCC(CC)CCCC. The molecule has 0 aromatic rings. The summed E-state index contributed by atoms with van der Waals surface area (Å²) in [6.07, 6.45) is 15.1. The van der Waals surface area contributed by atoms with E-state index in [1.165, 1.54) is 12.8 Å². The molecule has 10 heteroatoms. The Morgan fingerprint density at radius 2 is 0.826 bits per heavy atom. The molecule has 0 amide bonds. The van der Waals surface area contributed by atoms with Gasteiger partial charge in [0.1, 0.15) is 0 Å². The summed E-state index contributed by atoms with van der Waals surface area (Å²) < 4.78 is 9.90. The van der Waals surface area contributed by atoms with E-state index in [2.05, 4.69) is 61.1 Å². The van der Waals surface area contributed by atoms with E-state index in [9.17, 15) is 19.2 Å². The van der Waals surface area contributed by atoms with Crippen molar-refractivity contribution < 1.29 is 48.2 Å². The molecule has 2 atom stereocenters. The van der Waals surface area contributed by atoms with E-state index < -0.39 is 24.2 Å². The molecule has 272 valence electrons. The highest BCUT2D eigenvalue weighted by Gasteiger charge is 2.16. The molecule has 0 radical (unpaired) electrons. The summed E-state index contributed by atoms with van der Waals surface area (Å²) in [6.45, 7) is 17.6. The maximum Gasteiger partial charge on any atom is 0.550 e. The average molecular weight is 661 g/mol. The third-order valence-corrected chi connectivity index (χ3v) is 7.69. The van der Waals surface area contributed by atoms with Gasteiger partial charge in [-0.15, -0.1) is 0 Å². The van der Waals surface area contributed by atoms with Crippen molar-refractivity contribution in [3.05, 3.63) is 0 Å². The van der Waals surface area contributed by atoms with Crippen LogP contribution in [0.15, 0.2) is 0 Å². The Balaban J connectivity index is 0. The maximum absolute atomic E-state index is 11.4. The lowest BCUT2D eigenvalue weighted by Gasteiger charge is -2.14. The molecule has 0 N–H and O–H groups in total. The molecule has 0 fully saturated rings. The molecular weight excluding hydrogens is 592 g/mol. The first-order valence-electron chi connectivity index (χ1n) is 18.1. The molecule has 0 heterocycles. The second-order valence-corrected chi connectivity index (χ2v) is 13.0. The molecule has 0 bridgehead atoms. The lowest BCUT2D eigenvalue weighted by Crippen LogP contribution is -2.19. The lowest BCUT2D eigenvalue weighted by molar-refractivity contribution is -0.259. The molecule has 0 aromatic carbocycles. The Morgan fingerprint density at radius 1 is 0.457 bits per heavy atom. The molecule has 0 saturated carbocycles. The molecule has 10 nitrogen and oxygen atoms in total. The highest BCUT2D eigenvalue weighted by molar-refractivity contribution is 5.72. The van der Waals surface area contributed by atoms with Gasteiger partial charge in [-0.05, 0) is 49.4 Å². The van der Waals surface area contributed by atoms with Gasteiger partial charge in [0.05, 0.1) is 26.1 Å². The molecule has 0 aliphatic carbocycles.